The Morgan fingerprint density at radius 3 is 1.56 bits per heavy atom. The zero-order valence-electron chi connectivity index (χ0n) is 38.8. The van der Waals surface area contributed by atoms with Crippen molar-refractivity contribution >= 4 is 104 Å². The number of carbonyl (C=O) groups excluding carboxylic acids is 3. The van der Waals surface area contributed by atoms with Crippen LogP contribution in [0.3, 0.4) is 0 Å². The zero-order chi connectivity index (χ0) is 51.3. The van der Waals surface area contributed by atoms with Gasteiger partial charge in [0.2, 0.25) is 5.91 Å². The van der Waals surface area contributed by atoms with Crippen LogP contribution in [0, 0.1) is 13.8 Å². The molecule has 6 rings (SSSR count). The quantitative estimate of drug-likeness (QED) is 0.0628. The smallest absolute Gasteiger partial charge is 0.657 e. The predicted molar refractivity (Wildman–Crippen MR) is 256 cm³/mol. The second kappa shape index (κ2) is 22.3. The van der Waals surface area contributed by atoms with Gasteiger partial charge in [-0.05, 0) is 81.0 Å². The van der Waals surface area contributed by atoms with Crippen LogP contribution < -0.4 is 15.3 Å². The summed E-state index contributed by atoms with van der Waals surface area (Å²) in [5, 5.41) is 50.0. The number of anilines is 1. The fraction of sp³-hybridized carbons (Fsp3) is 0.240. The van der Waals surface area contributed by atoms with Gasteiger partial charge in [0.25, 0.3) is 11.8 Å². The van der Waals surface area contributed by atoms with Crippen LogP contribution in [0.4, 0.5) is 5.69 Å². The SMILES string of the molecule is C=CC1=C(C)c2cc3[n-]c(cc4nc(cc5[n-]c(cc1n2)c(C)c5C=C)C(C)=C4CCC(=O)Nc1cc(C(=O)N(CC(=O)O)CC(=O)O)cc(C(=O)N(CC(=O)O)CC(=O)O)c1)c(CCC(=O)O)c3C.[Fe+2]. The Kier molecular flexibility index (Phi) is 16.8. The van der Waals surface area contributed by atoms with E-state index in [0.717, 1.165) is 46.0 Å². The van der Waals surface area contributed by atoms with E-state index in [1.165, 1.54) is 0 Å². The normalized spacial score (nSPS) is 11.9. The van der Waals surface area contributed by atoms with Crippen molar-refractivity contribution in [1.29, 1.82) is 0 Å². The number of aryl methyl sites for hydroxylation is 3. The summed E-state index contributed by atoms with van der Waals surface area (Å²) in [5.74, 6) is -10.3. The number of carbonyl (C=O) groups is 8. The van der Waals surface area contributed by atoms with E-state index in [1.54, 1.807) is 24.3 Å². The molecule has 0 saturated heterocycles. The number of aliphatic carboxylic acids is 5. The Morgan fingerprint density at radius 2 is 1.04 bits per heavy atom. The molecular weight excluding hydrogens is 962 g/mol. The second-order valence-corrected chi connectivity index (χ2v) is 16.4. The molecule has 0 unspecified atom stereocenters. The topological polar surface area (TPSA) is 310 Å². The molecule has 0 saturated carbocycles. The van der Waals surface area contributed by atoms with Crippen LogP contribution in [0.25, 0.3) is 50.4 Å². The average Bonchev–Trinajstić information content (AvgIpc) is 3.94. The van der Waals surface area contributed by atoms with E-state index >= 15 is 0 Å². The number of hydrogen-bond donors (Lipinski definition) is 6. The molecule has 0 spiro atoms. The molecular formula is C50H47FeN7O13. The third-order valence-electron chi connectivity index (χ3n) is 11.7. The van der Waals surface area contributed by atoms with Crippen molar-refractivity contribution < 1.29 is 81.0 Å². The number of nitrogens with zero attached hydrogens (tertiary/aromatic N) is 6. The molecule has 71 heavy (non-hydrogen) atoms. The third-order valence-corrected chi connectivity index (χ3v) is 11.7. The molecule has 5 heterocycles. The van der Waals surface area contributed by atoms with Gasteiger partial charge < -0.3 is 50.6 Å². The largest absolute Gasteiger partial charge is 2.00 e. The van der Waals surface area contributed by atoms with Crippen molar-refractivity contribution in [3.8, 4) is 0 Å². The summed E-state index contributed by atoms with van der Waals surface area (Å²) >= 11 is 0. The van der Waals surface area contributed by atoms with E-state index in [1.807, 2.05) is 39.8 Å². The minimum absolute atomic E-state index is 0. The van der Waals surface area contributed by atoms with E-state index in [9.17, 15) is 63.9 Å². The van der Waals surface area contributed by atoms with Gasteiger partial charge in [-0.1, -0.05) is 66.3 Å². The fourth-order valence-corrected chi connectivity index (χ4v) is 8.21. The van der Waals surface area contributed by atoms with E-state index < -0.39 is 84.9 Å². The number of carboxylic acids is 5. The molecule has 0 atom stereocenters. The van der Waals surface area contributed by atoms with Crippen molar-refractivity contribution in [2.45, 2.75) is 53.4 Å². The first kappa shape index (κ1) is 53.5. The van der Waals surface area contributed by atoms with E-state index in [2.05, 4.69) is 18.5 Å². The molecule has 0 fully saturated rings. The molecule has 6 N–H and O–H groups in total. The van der Waals surface area contributed by atoms with E-state index in [4.69, 9.17) is 19.9 Å². The number of fused-ring (bicyclic) bond motifs is 8. The summed E-state index contributed by atoms with van der Waals surface area (Å²) in [6.45, 7) is 11.3. The molecule has 2 aliphatic heterocycles. The van der Waals surface area contributed by atoms with Gasteiger partial charge in [-0.25, -0.2) is 9.97 Å². The van der Waals surface area contributed by atoms with Gasteiger partial charge in [-0.15, -0.1) is 22.1 Å². The fourth-order valence-electron chi connectivity index (χ4n) is 8.21. The number of amides is 3. The number of nitrogens with one attached hydrogen (secondary N) is 1. The average molecular weight is 1010 g/mol. The molecule has 2 aliphatic rings. The van der Waals surface area contributed by atoms with Gasteiger partial charge >= 0.3 is 46.9 Å². The maximum absolute atomic E-state index is 13.9. The van der Waals surface area contributed by atoms with Crippen molar-refractivity contribution in [1.82, 2.24) is 29.7 Å². The molecule has 3 aromatic heterocycles. The minimum Gasteiger partial charge on any atom is -0.657 e. The number of rotatable bonds is 19. The summed E-state index contributed by atoms with van der Waals surface area (Å²) in [5.41, 5.74) is 9.07. The zero-order valence-corrected chi connectivity index (χ0v) is 39.9. The standard InChI is InChI=1S/C50H49N7O13.Fe/c1-7-31-24(3)35-16-36-27(6)34(10-12-44(59)60)42(54-36)19-41-33(26(5)38(55-41)18-40-32(8-2)25(4)37(53-40)17-39(31)52-35)9-11-43(58)51-30-14-28(49(69)56(20-45(61)62)21-46(63)64)13-29(15-30)50(70)57(22-47(65)66)23-48(67)68;/h7-8,13-19H,1-2,9-12,20-23H2,3-6H3,(H8,51,52,53,54,55,58,59,60,61,62,63,64,65,66,67,68);/q;+2/p-2. The van der Waals surface area contributed by atoms with Crippen molar-refractivity contribution in [2.75, 3.05) is 31.5 Å². The van der Waals surface area contributed by atoms with Crippen LogP contribution in [-0.4, -0.2) is 119 Å². The molecule has 8 bridgehead atoms. The molecule has 368 valence electrons. The van der Waals surface area contributed by atoms with Crippen molar-refractivity contribution in [3.63, 3.8) is 0 Å². The van der Waals surface area contributed by atoms with Gasteiger partial charge in [0, 0.05) is 35.2 Å². The minimum atomic E-state index is -1.57. The third kappa shape index (κ3) is 12.3. The molecule has 1 aromatic carbocycles. The van der Waals surface area contributed by atoms with Gasteiger partial charge in [0.15, 0.2) is 0 Å². The van der Waals surface area contributed by atoms with Crippen LogP contribution in [0.5, 0.6) is 0 Å². The van der Waals surface area contributed by atoms with Crippen LogP contribution in [0.15, 0.2) is 61.7 Å². The van der Waals surface area contributed by atoms with Crippen molar-refractivity contribution in [2.24, 2.45) is 0 Å². The Morgan fingerprint density at radius 1 is 0.563 bits per heavy atom. The molecule has 20 nitrogen and oxygen atoms in total. The molecule has 0 aliphatic carbocycles. The van der Waals surface area contributed by atoms with Gasteiger partial charge in [0.05, 0.1) is 22.8 Å². The summed E-state index contributed by atoms with van der Waals surface area (Å²) < 4.78 is 0. The number of allylic oxidation sites excluding steroid dienone is 5. The number of benzene rings is 1. The molecule has 21 heteroatoms. The van der Waals surface area contributed by atoms with Crippen LogP contribution in [-0.2, 0) is 52.3 Å². The van der Waals surface area contributed by atoms with Gasteiger partial charge in [-0.2, -0.15) is 0 Å². The number of aromatic nitrogens is 4. The monoisotopic (exact) mass is 1010 g/mol. The first-order chi connectivity index (χ1) is 33.1. The van der Waals surface area contributed by atoms with Crippen molar-refractivity contribution in [3.05, 3.63) is 118 Å². The first-order valence-corrected chi connectivity index (χ1v) is 21.5. The maximum atomic E-state index is 13.9. The van der Waals surface area contributed by atoms with Crippen LogP contribution in [0.2, 0.25) is 0 Å². The van der Waals surface area contributed by atoms with Crippen LogP contribution >= 0.6 is 0 Å². The van der Waals surface area contributed by atoms with E-state index in [0.29, 0.717) is 71.4 Å². The van der Waals surface area contributed by atoms with Gasteiger partial charge in [0.1, 0.15) is 26.2 Å². The summed E-state index contributed by atoms with van der Waals surface area (Å²) in [6.07, 6.45) is 3.12. The molecule has 3 amide bonds. The Bertz CT molecular complexity index is 3100. The Hall–Kier alpha value is -8.42. The number of hydrogen-bond acceptors (Lipinski definition) is 10. The first-order valence-electron chi connectivity index (χ1n) is 21.5. The summed E-state index contributed by atoms with van der Waals surface area (Å²) in [4.78, 5) is 120. The molecule has 4 aromatic rings. The summed E-state index contributed by atoms with van der Waals surface area (Å²) in [6, 6.07) is 10.2. The maximum Gasteiger partial charge on any atom is 2.00 e. The van der Waals surface area contributed by atoms with Crippen LogP contribution in [0.1, 0.15) is 98.9 Å². The predicted octanol–water partition coefficient (Wildman–Crippen LogP) is 5.54. The Labute approximate surface area is 415 Å². The Balaban J connectivity index is 0.00000937. The molecule has 0 radical (unpaired) electrons. The van der Waals surface area contributed by atoms with Gasteiger partial charge in [-0.3, -0.25) is 38.4 Å². The summed E-state index contributed by atoms with van der Waals surface area (Å²) in [7, 11) is 0. The number of carboxylic acid groups (broad SMARTS) is 5. The van der Waals surface area contributed by atoms with E-state index in [-0.39, 0.29) is 48.4 Å². The second-order valence-electron chi connectivity index (χ2n) is 16.4.